The second-order valence-corrected chi connectivity index (χ2v) is 22.6. The molecule has 430 valence electrons. The molecule has 6 nitrogen and oxygen atoms in total. The number of hydrogen-bond acceptors (Lipinski definition) is 6. The van der Waals surface area contributed by atoms with Crippen LogP contribution >= 0.6 is 0 Å². The Hall–Kier alpha value is -11.3. The average Bonchev–Trinajstić information content (AvgIpc) is 1.03. The highest BCUT2D eigenvalue weighted by molar-refractivity contribution is 6.12. The van der Waals surface area contributed by atoms with E-state index < -0.39 is 0 Å². The van der Waals surface area contributed by atoms with Gasteiger partial charge in [0.25, 0.3) is 0 Å². The number of anilines is 12. The zero-order chi connectivity index (χ0) is 60.6. The van der Waals surface area contributed by atoms with E-state index in [0.717, 1.165) is 101 Å². The predicted molar refractivity (Wildman–Crippen MR) is 377 cm³/mol. The van der Waals surface area contributed by atoms with E-state index in [1.807, 2.05) is 12.1 Å². The van der Waals surface area contributed by atoms with Crippen LogP contribution in [0, 0.1) is 34.6 Å². The summed E-state index contributed by atoms with van der Waals surface area (Å²) in [6.45, 7) is 10.5. The monoisotopic (exact) mass is 1150 g/mol. The number of pyridine rings is 2. The molecule has 0 aliphatic carbocycles. The Bertz CT molecular complexity index is 4270. The molecule has 0 atom stereocenters. The molecule has 0 N–H and O–H groups in total. The summed E-state index contributed by atoms with van der Waals surface area (Å²) >= 11 is 0. The van der Waals surface area contributed by atoms with Crippen molar-refractivity contribution < 1.29 is 0 Å². The molecule has 89 heavy (non-hydrogen) atoms. The highest BCUT2D eigenvalue weighted by atomic mass is 15.2. The van der Waals surface area contributed by atoms with Gasteiger partial charge in [-0.25, -0.2) is 0 Å². The molecule has 0 radical (unpaired) electrons. The van der Waals surface area contributed by atoms with Crippen molar-refractivity contribution in [2.75, 3.05) is 19.6 Å². The first-order valence-electron chi connectivity index (χ1n) is 30.4. The molecular weight excluding hydrogens is 1080 g/mol. The molecule has 14 aromatic rings. The van der Waals surface area contributed by atoms with Crippen LogP contribution in [0.25, 0.3) is 44.1 Å². The number of aryl methyl sites for hydroxylation is 5. The van der Waals surface area contributed by atoms with Crippen molar-refractivity contribution in [2.24, 2.45) is 0 Å². The zero-order valence-electron chi connectivity index (χ0n) is 50.8. The fraction of sp³-hybridized carbons (Fsp3) is 0.0602. The minimum atomic E-state index is 0.970. The fourth-order valence-corrected chi connectivity index (χ4v) is 12.0. The van der Waals surface area contributed by atoms with E-state index in [4.69, 9.17) is 9.97 Å². The molecule has 0 aliphatic rings. The summed E-state index contributed by atoms with van der Waals surface area (Å²) in [5.74, 6) is 0. The smallest absolute Gasteiger partial charge is 0.0974 e. The van der Waals surface area contributed by atoms with Gasteiger partial charge in [0.05, 0.1) is 11.0 Å². The van der Waals surface area contributed by atoms with Crippen molar-refractivity contribution in [3.8, 4) is 22.3 Å². The van der Waals surface area contributed by atoms with Crippen LogP contribution in [-0.2, 0) is 0 Å². The molecule has 14 rings (SSSR count). The van der Waals surface area contributed by atoms with Gasteiger partial charge < -0.3 is 19.6 Å². The van der Waals surface area contributed by atoms with Crippen molar-refractivity contribution in [3.05, 3.63) is 350 Å². The molecule has 12 aromatic carbocycles. The third-order valence-corrected chi connectivity index (χ3v) is 16.1. The summed E-state index contributed by atoms with van der Waals surface area (Å²) in [5.41, 5.74) is 25.5. The zero-order valence-corrected chi connectivity index (χ0v) is 50.8. The second-order valence-electron chi connectivity index (χ2n) is 22.6. The Morgan fingerprint density at radius 3 is 0.685 bits per heavy atom. The Kier molecular flexibility index (Phi) is 16.4. The summed E-state index contributed by atoms with van der Waals surface area (Å²) < 4.78 is 0. The van der Waals surface area contributed by atoms with Gasteiger partial charge in [0.2, 0.25) is 0 Å². The van der Waals surface area contributed by atoms with Crippen molar-refractivity contribution in [1.82, 2.24) is 9.97 Å². The van der Waals surface area contributed by atoms with Gasteiger partial charge in [0.15, 0.2) is 0 Å². The third-order valence-electron chi connectivity index (χ3n) is 16.1. The van der Waals surface area contributed by atoms with Gasteiger partial charge in [-0.3, -0.25) is 9.97 Å². The van der Waals surface area contributed by atoms with E-state index in [9.17, 15) is 0 Å². The van der Waals surface area contributed by atoms with Crippen LogP contribution in [0.4, 0.5) is 68.2 Å². The molecule has 0 saturated carbocycles. The lowest BCUT2D eigenvalue weighted by Crippen LogP contribution is -2.14. The lowest BCUT2D eigenvalue weighted by atomic mass is 9.95. The normalized spacial score (nSPS) is 11.0. The molecule has 6 heteroatoms. The first kappa shape index (κ1) is 56.8. The van der Waals surface area contributed by atoms with Crippen molar-refractivity contribution in [3.63, 3.8) is 0 Å². The maximum absolute atomic E-state index is 4.90. The molecule has 2 aromatic heterocycles. The van der Waals surface area contributed by atoms with Crippen molar-refractivity contribution in [2.45, 2.75) is 34.6 Å². The van der Waals surface area contributed by atoms with Crippen LogP contribution in [0.2, 0.25) is 0 Å². The molecule has 0 fully saturated rings. The first-order valence-corrected chi connectivity index (χ1v) is 30.4. The van der Waals surface area contributed by atoms with Gasteiger partial charge >= 0.3 is 0 Å². The Balaban J connectivity index is 0.000000216. The fourth-order valence-electron chi connectivity index (χ4n) is 12.0. The van der Waals surface area contributed by atoms with E-state index in [1.165, 1.54) is 38.9 Å². The molecule has 0 saturated heterocycles. The minimum Gasteiger partial charge on any atom is -0.310 e. The Labute approximate surface area is 523 Å². The summed E-state index contributed by atoms with van der Waals surface area (Å²) in [7, 11) is 0. The van der Waals surface area contributed by atoms with Crippen LogP contribution in [-0.4, -0.2) is 9.97 Å². The van der Waals surface area contributed by atoms with Gasteiger partial charge in [-0.05, 0) is 231 Å². The van der Waals surface area contributed by atoms with Crippen LogP contribution in [0.1, 0.15) is 28.1 Å². The summed E-state index contributed by atoms with van der Waals surface area (Å²) in [5, 5.41) is 2.28. The minimum absolute atomic E-state index is 0.970. The van der Waals surface area contributed by atoms with Gasteiger partial charge in [0, 0.05) is 90.4 Å². The number of fused-ring (bicyclic) bond motifs is 3. The van der Waals surface area contributed by atoms with E-state index in [0.29, 0.717) is 0 Å². The van der Waals surface area contributed by atoms with E-state index >= 15 is 0 Å². The van der Waals surface area contributed by atoms with Crippen molar-refractivity contribution in [1.29, 1.82) is 0 Å². The first-order chi connectivity index (χ1) is 43.7. The predicted octanol–water partition coefficient (Wildman–Crippen LogP) is 23.2. The van der Waals surface area contributed by atoms with E-state index in [2.05, 4.69) is 364 Å². The summed E-state index contributed by atoms with van der Waals surface area (Å²) in [6.07, 6.45) is 0. The molecular formula is C83H68N6. The third kappa shape index (κ3) is 12.4. The largest absolute Gasteiger partial charge is 0.310 e. The van der Waals surface area contributed by atoms with E-state index in [-0.39, 0.29) is 0 Å². The highest BCUT2D eigenvalue weighted by Crippen LogP contribution is 2.44. The van der Waals surface area contributed by atoms with Gasteiger partial charge in [-0.1, -0.05) is 164 Å². The molecule has 0 bridgehead atoms. The van der Waals surface area contributed by atoms with Crippen LogP contribution < -0.4 is 19.6 Å². The highest BCUT2D eigenvalue weighted by Gasteiger charge is 2.21. The Morgan fingerprint density at radius 1 is 0.202 bits per heavy atom. The van der Waals surface area contributed by atoms with Crippen LogP contribution in [0.3, 0.4) is 0 Å². The van der Waals surface area contributed by atoms with Crippen LogP contribution in [0.5, 0.6) is 0 Å². The number of hydrogen-bond donors (Lipinski definition) is 0. The molecule has 0 unspecified atom stereocenters. The summed E-state index contributed by atoms with van der Waals surface area (Å²) in [6, 6.07) is 114. The lowest BCUT2D eigenvalue weighted by Gasteiger charge is -2.30. The molecule has 0 aliphatic heterocycles. The number of para-hydroxylation sites is 3. The number of nitrogens with zero attached hydrogens (tertiary/aromatic N) is 6. The topological polar surface area (TPSA) is 38.7 Å². The lowest BCUT2D eigenvalue weighted by molar-refractivity contribution is 1.23. The van der Waals surface area contributed by atoms with Crippen LogP contribution in [0.15, 0.2) is 322 Å². The maximum atomic E-state index is 4.90. The second kappa shape index (κ2) is 25.7. The van der Waals surface area contributed by atoms with E-state index in [1.54, 1.807) is 0 Å². The van der Waals surface area contributed by atoms with Crippen molar-refractivity contribution >= 4 is 90.1 Å². The van der Waals surface area contributed by atoms with Gasteiger partial charge in [-0.15, -0.1) is 0 Å². The quantitative estimate of drug-likeness (QED) is 0.101. The summed E-state index contributed by atoms with van der Waals surface area (Å²) in [4.78, 5) is 19.1. The Morgan fingerprint density at radius 2 is 0.427 bits per heavy atom. The number of benzene rings is 12. The SMILES string of the molecule is Cc1cc(-c2ccccc2)c2ccc3c(-c4ccccc4)cc(C)nc3c2n1.Cc1cccc(N(c2ccccc2)c2ccc(N(c3ccc(N(c4ccccc4)c4cccc(C)c4)cc3)c3ccc(N(c4ccccc4)c4cccc(C)c4)cc3)cc2)c1. The number of rotatable bonds is 14. The number of aromatic nitrogens is 2. The molecule has 0 amide bonds. The van der Waals surface area contributed by atoms with Gasteiger partial charge in [-0.2, -0.15) is 0 Å². The molecule has 0 spiro atoms. The standard InChI is InChI=1S/C57H48N4.C26H20N2/c1-43-16-13-25-55(40-43)59(46-19-7-4-8-20-46)52-34-28-49(29-35-52)58(50-30-36-53(37-31-50)60(47-21-9-5-10-22-47)56-26-14-17-44(2)41-56)51-32-38-54(39-33-51)61(48-23-11-6-12-24-48)57-27-15-18-45(3)42-57;1-17-15-23(19-9-5-3-6-10-19)21-13-14-22-24(20-11-7-4-8-12-20)16-18(2)28-26(22)25(21)27-17/h4-42H,1-3H3;3-16H,1-2H3. The average molecular weight is 1150 g/mol. The maximum Gasteiger partial charge on any atom is 0.0974 e. The van der Waals surface area contributed by atoms with Gasteiger partial charge in [0.1, 0.15) is 0 Å². The molecule has 2 heterocycles.